The quantitative estimate of drug-likeness (QED) is 0.143. The summed E-state index contributed by atoms with van der Waals surface area (Å²) in [4.78, 5) is 42.4. The zero-order valence-corrected chi connectivity index (χ0v) is 26.8. The van der Waals surface area contributed by atoms with Crippen LogP contribution in [0.2, 0.25) is 0 Å². The SMILES string of the molecule is O=C1C(=CC=C2N(C3CCCC3)c3nc4cc(-c5ccccc5)c(-c5ccccc5)cc4nc3N2C2CCCC2)C(=O)c2ccccc21. The highest BCUT2D eigenvalue weighted by Crippen LogP contribution is 2.48. The number of rotatable bonds is 5. The van der Waals surface area contributed by atoms with Crippen molar-refractivity contribution in [2.24, 2.45) is 0 Å². The normalized spacial score (nSPS) is 17.9. The van der Waals surface area contributed by atoms with E-state index >= 15 is 0 Å². The monoisotopic (exact) mass is 628 g/mol. The summed E-state index contributed by atoms with van der Waals surface area (Å²) in [5, 5.41) is 0. The Morgan fingerprint density at radius 1 is 0.521 bits per heavy atom. The fourth-order valence-corrected chi connectivity index (χ4v) is 8.24. The van der Waals surface area contributed by atoms with Crippen LogP contribution in [-0.4, -0.2) is 33.6 Å². The Morgan fingerprint density at radius 2 is 0.938 bits per heavy atom. The zero-order valence-electron chi connectivity index (χ0n) is 26.8. The fourth-order valence-electron chi connectivity index (χ4n) is 8.24. The van der Waals surface area contributed by atoms with E-state index in [1.807, 2.05) is 30.3 Å². The van der Waals surface area contributed by atoms with Crippen LogP contribution in [0.4, 0.5) is 11.6 Å². The topological polar surface area (TPSA) is 66.4 Å². The van der Waals surface area contributed by atoms with Crippen molar-refractivity contribution in [3.8, 4) is 22.3 Å². The molecule has 0 amide bonds. The number of carbonyl (C=O) groups is 2. The molecule has 6 nitrogen and oxygen atoms in total. The molecule has 0 spiro atoms. The maximum Gasteiger partial charge on any atom is 0.197 e. The predicted molar refractivity (Wildman–Crippen MR) is 191 cm³/mol. The number of Topliss-reactive ketones (excluding diaryl/α,β-unsaturated/α-hetero) is 2. The Bertz CT molecular complexity index is 2000. The minimum Gasteiger partial charge on any atom is -0.306 e. The van der Waals surface area contributed by atoms with Crippen molar-refractivity contribution < 1.29 is 9.59 Å². The number of carbonyl (C=O) groups excluding carboxylic acids is 2. The number of anilines is 2. The number of aromatic nitrogens is 2. The third-order valence-electron chi connectivity index (χ3n) is 10.6. The summed E-state index contributed by atoms with van der Waals surface area (Å²) >= 11 is 0. The number of hydrogen-bond acceptors (Lipinski definition) is 6. The molecule has 5 aromatic rings. The van der Waals surface area contributed by atoms with Gasteiger partial charge >= 0.3 is 0 Å². The lowest BCUT2D eigenvalue weighted by Crippen LogP contribution is -2.39. The third-order valence-corrected chi connectivity index (χ3v) is 10.6. The number of benzene rings is 4. The van der Waals surface area contributed by atoms with Crippen LogP contribution in [0.15, 0.2) is 121 Å². The molecule has 0 N–H and O–H groups in total. The van der Waals surface area contributed by atoms with Crippen LogP contribution >= 0.6 is 0 Å². The maximum absolute atomic E-state index is 13.4. The Morgan fingerprint density at radius 3 is 1.38 bits per heavy atom. The van der Waals surface area contributed by atoms with E-state index < -0.39 is 0 Å². The van der Waals surface area contributed by atoms with Crippen LogP contribution < -0.4 is 9.80 Å². The molecule has 0 saturated heterocycles. The second kappa shape index (κ2) is 11.7. The Labute approximate surface area is 280 Å². The molecule has 1 aromatic heterocycles. The largest absolute Gasteiger partial charge is 0.306 e. The highest BCUT2D eigenvalue weighted by atomic mass is 16.2. The summed E-state index contributed by atoms with van der Waals surface area (Å²) in [7, 11) is 0. The highest BCUT2D eigenvalue weighted by molar-refractivity contribution is 6.39. The minimum atomic E-state index is -0.202. The van der Waals surface area contributed by atoms with E-state index in [0.717, 1.165) is 76.4 Å². The summed E-state index contributed by atoms with van der Waals surface area (Å²) in [6, 6.07) is 33.1. The lowest BCUT2D eigenvalue weighted by molar-refractivity contribution is 0.0988. The van der Waals surface area contributed by atoms with Gasteiger partial charge in [0.05, 0.1) is 16.6 Å². The third kappa shape index (κ3) is 4.69. The summed E-state index contributed by atoms with van der Waals surface area (Å²) in [5.41, 5.74) is 7.44. The van der Waals surface area contributed by atoms with Gasteiger partial charge in [0.15, 0.2) is 23.2 Å². The molecule has 2 saturated carbocycles. The predicted octanol–water partition coefficient (Wildman–Crippen LogP) is 9.32. The average Bonchev–Trinajstić information content (AvgIpc) is 3.95. The maximum atomic E-state index is 13.4. The van der Waals surface area contributed by atoms with Gasteiger partial charge in [0.2, 0.25) is 0 Å². The Balaban J connectivity index is 1.25. The van der Waals surface area contributed by atoms with Gasteiger partial charge in [-0.05, 0) is 72.2 Å². The summed E-state index contributed by atoms with van der Waals surface area (Å²) in [6.07, 6.45) is 12.7. The van der Waals surface area contributed by atoms with Gasteiger partial charge in [0.25, 0.3) is 0 Å². The lowest BCUT2D eigenvalue weighted by Gasteiger charge is -2.32. The number of allylic oxidation sites excluding steroid dienone is 3. The Hall–Kier alpha value is -5.36. The van der Waals surface area contributed by atoms with Crippen molar-refractivity contribution in [2.45, 2.75) is 63.5 Å². The molecule has 6 heteroatoms. The molecule has 0 unspecified atom stereocenters. The zero-order chi connectivity index (χ0) is 32.2. The molecule has 0 bridgehead atoms. The van der Waals surface area contributed by atoms with Gasteiger partial charge in [-0.3, -0.25) is 9.59 Å². The first-order chi connectivity index (χ1) is 23.7. The number of ketones is 2. The standard InChI is InChI=1S/C42H36N4O2/c47-39-31-21-11-12-22-32(31)40(48)33(39)23-24-38-45(29-17-7-8-18-29)41-42(46(38)30-19-9-10-20-30)44-37-26-35(28-15-5-2-6-16-28)34(25-36(37)43-41)27-13-3-1-4-14-27/h1-6,11-16,21-26,29-30H,7-10,17-20H2. The second-order valence-electron chi connectivity index (χ2n) is 13.4. The van der Waals surface area contributed by atoms with E-state index in [-0.39, 0.29) is 29.2 Å². The summed E-state index contributed by atoms with van der Waals surface area (Å²) in [6.45, 7) is 0. The molecule has 236 valence electrons. The van der Waals surface area contributed by atoms with Crippen LogP contribution in [-0.2, 0) is 0 Å². The van der Waals surface area contributed by atoms with Crippen molar-refractivity contribution in [3.63, 3.8) is 0 Å². The first kappa shape index (κ1) is 28.8. The van der Waals surface area contributed by atoms with Crippen molar-refractivity contribution in [2.75, 3.05) is 9.80 Å². The van der Waals surface area contributed by atoms with E-state index in [4.69, 9.17) is 9.97 Å². The van der Waals surface area contributed by atoms with Crippen molar-refractivity contribution in [1.29, 1.82) is 0 Å². The van der Waals surface area contributed by atoms with E-state index in [9.17, 15) is 9.59 Å². The molecule has 4 aliphatic rings. The average molecular weight is 629 g/mol. The number of hydrogen-bond donors (Lipinski definition) is 0. The van der Waals surface area contributed by atoms with Gasteiger partial charge in [-0.15, -0.1) is 0 Å². The van der Waals surface area contributed by atoms with E-state index in [0.29, 0.717) is 11.1 Å². The molecular weight excluding hydrogens is 592 g/mol. The van der Waals surface area contributed by atoms with E-state index in [1.165, 1.54) is 25.7 Å². The van der Waals surface area contributed by atoms with E-state index in [1.54, 1.807) is 18.2 Å². The van der Waals surface area contributed by atoms with Gasteiger partial charge in [0, 0.05) is 23.2 Å². The van der Waals surface area contributed by atoms with E-state index in [2.05, 4.69) is 70.5 Å². The van der Waals surface area contributed by atoms with Crippen molar-refractivity contribution >= 4 is 34.2 Å². The molecule has 0 radical (unpaired) electrons. The van der Waals surface area contributed by atoms with Gasteiger partial charge < -0.3 is 9.80 Å². The molecule has 3 aliphatic carbocycles. The lowest BCUT2D eigenvalue weighted by atomic mass is 9.94. The second-order valence-corrected chi connectivity index (χ2v) is 13.4. The Kier molecular flexibility index (Phi) is 7.03. The first-order valence-corrected chi connectivity index (χ1v) is 17.3. The van der Waals surface area contributed by atoms with Crippen molar-refractivity contribution in [3.05, 3.63) is 132 Å². The molecular formula is C42H36N4O2. The van der Waals surface area contributed by atoms with Gasteiger partial charge in [-0.25, -0.2) is 9.97 Å². The summed E-state index contributed by atoms with van der Waals surface area (Å²) < 4.78 is 0. The molecule has 0 atom stereocenters. The molecule has 2 fully saturated rings. The van der Waals surface area contributed by atoms with Crippen LogP contribution in [0.3, 0.4) is 0 Å². The molecule has 2 heterocycles. The van der Waals surface area contributed by atoms with Crippen LogP contribution in [0.1, 0.15) is 72.1 Å². The highest BCUT2D eigenvalue weighted by Gasteiger charge is 2.43. The van der Waals surface area contributed by atoms with Crippen LogP contribution in [0.5, 0.6) is 0 Å². The molecule has 4 aromatic carbocycles. The van der Waals surface area contributed by atoms with Crippen LogP contribution in [0, 0.1) is 0 Å². The molecule has 9 rings (SSSR count). The first-order valence-electron chi connectivity index (χ1n) is 17.3. The van der Waals surface area contributed by atoms with Gasteiger partial charge in [0.1, 0.15) is 5.82 Å². The van der Waals surface area contributed by atoms with Crippen molar-refractivity contribution in [1.82, 2.24) is 9.97 Å². The molecule has 48 heavy (non-hydrogen) atoms. The summed E-state index contributed by atoms with van der Waals surface area (Å²) in [5.74, 6) is 2.34. The minimum absolute atomic E-state index is 0.202. The van der Waals surface area contributed by atoms with Gasteiger partial charge in [-0.1, -0.05) is 111 Å². The fraction of sp³-hybridized carbons (Fsp3) is 0.238. The van der Waals surface area contributed by atoms with Crippen LogP contribution in [0.25, 0.3) is 33.3 Å². The number of nitrogens with zero attached hydrogens (tertiary/aromatic N) is 4. The smallest absolute Gasteiger partial charge is 0.197 e. The molecule has 1 aliphatic heterocycles. The number of fused-ring (bicyclic) bond motifs is 3. The van der Waals surface area contributed by atoms with Gasteiger partial charge in [-0.2, -0.15) is 0 Å².